The molecule has 2 saturated heterocycles. The summed E-state index contributed by atoms with van der Waals surface area (Å²) in [5.74, 6) is -0.539. The molecule has 2 fully saturated rings. The number of morpholine rings is 1. The average molecular weight is 320 g/mol. The smallest absolute Gasteiger partial charge is 0.228 e. The van der Waals surface area contributed by atoms with Gasteiger partial charge in [-0.3, -0.25) is 9.59 Å². The van der Waals surface area contributed by atoms with E-state index in [0.29, 0.717) is 39.1 Å². The summed E-state index contributed by atoms with van der Waals surface area (Å²) in [6, 6.07) is 5.73. The van der Waals surface area contributed by atoms with Crippen LogP contribution in [0, 0.1) is 11.7 Å². The molecule has 2 atom stereocenters. The molecule has 3 rings (SSSR count). The van der Waals surface area contributed by atoms with Gasteiger partial charge in [0.2, 0.25) is 11.8 Å². The Morgan fingerprint density at radius 3 is 2.52 bits per heavy atom. The summed E-state index contributed by atoms with van der Waals surface area (Å²) < 4.78 is 18.5. The molecule has 6 heteroatoms. The van der Waals surface area contributed by atoms with Crippen molar-refractivity contribution in [1.82, 2.24) is 9.80 Å². The predicted molar refractivity (Wildman–Crippen MR) is 82.0 cm³/mol. The van der Waals surface area contributed by atoms with Crippen molar-refractivity contribution in [3.05, 3.63) is 35.6 Å². The van der Waals surface area contributed by atoms with Crippen molar-refractivity contribution < 1.29 is 18.7 Å². The molecule has 0 spiro atoms. The Kier molecular flexibility index (Phi) is 4.61. The van der Waals surface area contributed by atoms with Crippen molar-refractivity contribution in [2.75, 3.05) is 33.4 Å². The fourth-order valence-corrected chi connectivity index (χ4v) is 3.43. The monoisotopic (exact) mass is 320 g/mol. The van der Waals surface area contributed by atoms with Crippen molar-refractivity contribution in [3.63, 3.8) is 0 Å². The lowest BCUT2D eigenvalue weighted by Crippen LogP contribution is -2.50. The number of rotatable bonds is 2. The first-order valence-electron chi connectivity index (χ1n) is 7.95. The van der Waals surface area contributed by atoms with Crippen LogP contribution in [0.3, 0.4) is 0 Å². The zero-order valence-corrected chi connectivity index (χ0v) is 13.2. The second kappa shape index (κ2) is 6.66. The topological polar surface area (TPSA) is 49.9 Å². The third-order valence-electron chi connectivity index (χ3n) is 4.71. The molecule has 1 aromatic rings. The van der Waals surface area contributed by atoms with Crippen molar-refractivity contribution >= 4 is 11.8 Å². The molecule has 2 heterocycles. The second-order valence-electron chi connectivity index (χ2n) is 6.08. The Morgan fingerprint density at radius 1 is 1.22 bits per heavy atom. The van der Waals surface area contributed by atoms with Gasteiger partial charge >= 0.3 is 0 Å². The highest BCUT2D eigenvalue weighted by Crippen LogP contribution is 2.37. The van der Waals surface area contributed by atoms with Crippen LogP contribution < -0.4 is 0 Å². The van der Waals surface area contributed by atoms with Crippen LogP contribution in [0.4, 0.5) is 4.39 Å². The summed E-state index contributed by atoms with van der Waals surface area (Å²) in [4.78, 5) is 28.4. The fourth-order valence-electron chi connectivity index (χ4n) is 3.43. The number of carbonyl (C=O) groups excluding carboxylic acids is 2. The molecular weight excluding hydrogens is 299 g/mol. The van der Waals surface area contributed by atoms with Gasteiger partial charge in [0, 0.05) is 26.6 Å². The van der Waals surface area contributed by atoms with Crippen molar-refractivity contribution in [3.8, 4) is 0 Å². The first-order valence-corrected chi connectivity index (χ1v) is 7.95. The number of carbonyl (C=O) groups is 2. The number of halogens is 1. The lowest BCUT2D eigenvalue weighted by Gasteiger charge is -2.41. The average Bonchev–Trinajstić information content (AvgIpc) is 2.58. The summed E-state index contributed by atoms with van der Waals surface area (Å²) in [6.45, 7) is 2.27. The number of benzene rings is 1. The number of amides is 2. The van der Waals surface area contributed by atoms with Gasteiger partial charge in [0.1, 0.15) is 5.82 Å². The van der Waals surface area contributed by atoms with Gasteiger partial charge in [-0.1, -0.05) is 12.1 Å². The molecular formula is C17H21FN2O3. The van der Waals surface area contributed by atoms with Crippen molar-refractivity contribution in [2.45, 2.75) is 18.9 Å². The number of piperidine rings is 1. The van der Waals surface area contributed by atoms with E-state index in [1.165, 1.54) is 12.1 Å². The van der Waals surface area contributed by atoms with Gasteiger partial charge in [-0.05, 0) is 24.1 Å². The third kappa shape index (κ3) is 3.22. The first kappa shape index (κ1) is 15.9. The van der Waals surface area contributed by atoms with E-state index in [1.54, 1.807) is 24.1 Å². The SMILES string of the molecule is CN1C(=O)CC[C@@H](C(=O)N2CCOCC2)[C@H]1c1ccc(F)cc1. The van der Waals surface area contributed by atoms with Gasteiger partial charge in [-0.15, -0.1) is 0 Å². The number of hydrogen-bond donors (Lipinski definition) is 0. The minimum atomic E-state index is -0.341. The zero-order valence-electron chi connectivity index (χ0n) is 13.2. The molecule has 124 valence electrons. The molecule has 0 saturated carbocycles. The van der Waals surface area contributed by atoms with E-state index in [1.807, 2.05) is 4.90 Å². The normalized spacial score (nSPS) is 25.6. The molecule has 2 aliphatic rings. The largest absolute Gasteiger partial charge is 0.378 e. The molecule has 1 aromatic carbocycles. The third-order valence-corrected chi connectivity index (χ3v) is 4.71. The maximum Gasteiger partial charge on any atom is 0.228 e. The van der Waals surface area contributed by atoms with Crippen LogP contribution in [0.2, 0.25) is 0 Å². The van der Waals surface area contributed by atoms with Crippen LogP contribution in [0.25, 0.3) is 0 Å². The zero-order chi connectivity index (χ0) is 16.4. The minimum absolute atomic E-state index is 0.0188. The van der Waals surface area contributed by atoms with Gasteiger partial charge in [0.05, 0.1) is 25.2 Å². The van der Waals surface area contributed by atoms with Crippen LogP contribution in [-0.4, -0.2) is 55.0 Å². The van der Waals surface area contributed by atoms with Crippen LogP contribution in [-0.2, 0) is 14.3 Å². The van der Waals surface area contributed by atoms with E-state index >= 15 is 0 Å². The van der Waals surface area contributed by atoms with Gasteiger partial charge < -0.3 is 14.5 Å². The molecule has 0 aromatic heterocycles. The Morgan fingerprint density at radius 2 is 1.87 bits per heavy atom. The van der Waals surface area contributed by atoms with Crippen LogP contribution in [0.1, 0.15) is 24.4 Å². The van der Waals surface area contributed by atoms with Gasteiger partial charge in [-0.2, -0.15) is 0 Å². The van der Waals surface area contributed by atoms with Crippen LogP contribution in [0.5, 0.6) is 0 Å². The van der Waals surface area contributed by atoms with E-state index in [4.69, 9.17) is 4.74 Å². The highest BCUT2D eigenvalue weighted by Gasteiger charge is 2.40. The molecule has 0 unspecified atom stereocenters. The summed E-state index contributed by atoms with van der Waals surface area (Å²) in [7, 11) is 1.72. The number of likely N-dealkylation sites (tertiary alicyclic amines) is 1. The van der Waals surface area contributed by atoms with Gasteiger partial charge in [-0.25, -0.2) is 4.39 Å². The predicted octanol–water partition coefficient (Wildman–Crippen LogP) is 1.59. The van der Waals surface area contributed by atoms with E-state index in [0.717, 1.165) is 5.56 Å². The Labute approximate surface area is 135 Å². The number of nitrogens with zero attached hydrogens (tertiary/aromatic N) is 2. The molecule has 0 bridgehead atoms. The van der Waals surface area contributed by atoms with Crippen molar-refractivity contribution in [1.29, 1.82) is 0 Å². The second-order valence-corrected chi connectivity index (χ2v) is 6.08. The Hall–Kier alpha value is -1.95. The number of hydrogen-bond acceptors (Lipinski definition) is 3. The standard InChI is InChI=1S/C17H21FN2O3/c1-19-15(21)7-6-14(17(22)20-8-10-23-11-9-20)16(19)12-2-4-13(18)5-3-12/h2-5,14,16H,6-11H2,1H3/t14-,16-/m1/s1. The lowest BCUT2D eigenvalue weighted by atomic mass is 9.83. The molecule has 5 nitrogen and oxygen atoms in total. The number of ether oxygens (including phenoxy) is 1. The molecule has 0 N–H and O–H groups in total. The fraction of sp³-hybridized carbons (Fsp3) is 0.529. The molecule has 2 amide bonds. The lowest BCUT2D eigenvalue weighted by molar-refractivity contribution is -0.149. The van der Waals surface area contributed by atoms with E-state index in [-0.39, 0.29) is 29.6 Å². The quantitative estimate of drug-likeness (QED) is 0.831. The molecule has 2 aliphatic heterocycles. The van der Waals surface area contributed by atoms with Crippen molar-refractivity contribution in [2.24, 2.45) is 5.92 Å². The molecule has 23 heavy (non-hydrogen) atoms. The van der Waals surface area contributed by atoms with Gasteiger partial charge in [0.25, 0.3) is 0 Å². The van der Waals surface area contributed by atoms with Crippen LogP contribution in [0.15, 0.2) is 24.3 Å². The Bertz CT molecular complexity index is 584. The first-order chi connectivity index (χ1) is 11.1. The summed E-state index contributed by atoms with van der Waals surface area (Å²) >= 11 is 0. The highest BCUT2D eigenvalue weighted by atomic mass is 19.1. The maximum atomic E-state index is 13.2. The summed E-state index contributed by atoms with van der Waals surface area (Å²) in [5.41, 5.74) is 0.800. The molecule has 0 aliphatic carbocycles. The Balaban J connectivity index is 1.87. The maximum absolute atomic E-state index is 13.2. The summed E-state index contributed by atoms with van der Waals surface area (Å²) in [5, 5.41) is 0. The van der Waals surface area contributed by atoms with E-state index in [2.05, 4.69) is 0 Å². The van der Waals surface area contributed by atoms with E-state index in [9.17, 15) is 14.0 Å². The van der Waals surface area contributed by atoms with E-state index < -0.39 is 0 Å². The summed E-state index contributed by atoms with van der Waals surface area (Å²) in [6.07, 6.45) is 0.899. The highest BCUT2D eigenvalue weighted by molar-refractivity contribution is 5.85. The minimum Gasteiger partial charge on any atom is -0.378 e. The van der Waals surface area contributed by atoms with Crippen LogP contribution >= 0.6 is 0 Å². The molecule has 0 radical (unpaired) electrons. The van der Waals surface area contributed by atoms with Gasteiger partial charge in [0.15, 0.2) is 0 Å².